The maximum atomic E-state index is 14.8. The van der Waals surface area contributed by atoms with E-state index in [1.54, 1.807) is 6.07 Å². The van der Waals surface area contributed by atoms with Gasteiger partial charge in [0.15, 0.2) is 0 Å². The number of ether oxygens (including phenoxy) is 1. The van der Waals surface area contributed by atoms with Crippen molar-refractivity contribution in [3.8, 4) is 22.3 Å². The lowest BCUT2D eigenvalue weighted by Crippen LogP contribution is -2.18. The van der Waals surface area contributed by atoms with Crippen LogP contribution in [0.3, 0.4) is 0 Å². The summed E-state index contributed by atoms with van der Waals surface area (Å²) in [5.74, 6) is -1.60. The van der Waals surface area contributed by atoms with Crippen molar-refractivity contribution in [1.82, 2.24) is 0 Å². The average Bonchev–Trinajstić information content (AvgIpc) is 2.82. The molecule has 0 spiro atoms. The van der Waals surface area contributed by atoms with Gasteiger partial charge in [0, 0.05) is 12.2 Å². The van der Waals surface area contributed by atoms with Gasteiger partial charge in [-0.15, -0.1) is 0 Å². The van der Waals surface area contributed by atoms with E-state index in [0.717, 1.165) is 24.2 Å². The Bertz CT molecular complexity index is 1390. The Labute approximate surface area is 204 Å². The molecule has 0 N–H and O–H groups in total. The molecule has 1 aliphatic rings. The Morgan fingerprint density at radius 1 is 0.743 bits per heavy atom. The summed E-state index contributed by atoms with van der Waals surface area (Å²) < 4.78 is 49.4. The van der Waals surface area contributed by atoms with Crippen LogP contribution in [0, 0.1) is 44.1 Å². The van der Waals surface area contributed by atoms with Gasteiger partial charge in [0.1, 0.15) is 17.5 Å². The van der Waals surface area contributed by atoms with E-state index >= 15 is 0 Å². The lowest BCUT2D eigenvalue weighted by atomic mass is 9.89. The van der Waals surface area contributed by atoms with Gasteiger partial charge in [0.05, 0.1) is 11.5 Å². The Morgan fingerprint density at radius 2 is 1.40 bits per heavy atom. The second-order valence-corrected chi connectivity index (χ2v) is 9.97. The summed E-state index contributed by atoms with van der Waals surface area (Å²) >= 11 is 0. The molecule has 0 aliphatic carbocycles. The monoisotopic (exact) mass is 474 g/mol. The van der Waals surface area contributed by atoms with Crippen LogP contribution in [0.2, 0.25) is 0 Å². The van der Waals surface area contributed by atoms with Crippen LogP contribution in [0.15, 0.2) is 54.6 Å². The van der Waals surface area contributed by atoms with Crippen LogP contribution >= 0.6 is 0 Å². The fraction of sp³-hybridized carbons (Fsp3) is 0.290. The van der Waals surface area contributed by atoms with E-state index in [9.17, 15) is 13.2 Å². The fourth-order valence-electron chi connectivity index (χ4n) is 5.29. The molecular formula is C31H29F3O. The number of fused-ring (bicyclic) bond motifs is 1. The summed E-state index contributed by atoms with van der Waals surface area (Å²) in [5.41, 5.74) is 7.05. The quantitative estimate of drug-likeness (QED) is 0.288. The molecule has 4 aromatic carbocycles. The molecule has 1 heterocycles. The van der Waals surface area contributed by atoms with Crippen molar-refractivity contribution in [1.29, 1.82) is 0 Å². The van der Waals surface area contributed by atoms with Gasteiger partial charge in [-0.2, -0.15) is 0 Å². The van der Waals surface area contributed by atoms with Crippen LogP contribution in [-0.2, 0) is 4.74 Å². The van der Waals surface area contributed by atoms with E-state index in [0.29, 0.717) is 11.5 Å². The van der Waals surface area contributed by atoms with Gasteiger partial charge in [-0.05, 0) is 102 Å². The maximum absolute atomic E-state index is 14.8. The van der Waals surface area contributed by atoms with Gasteiger partial charge in [0.25, 0.3) is 0 Å². The molecule has 35 heavy (non-hydrogen) atoms. The molecule has 4 aromatic rings. The second kappa shape index (κ2) is 9.16. The van der Waals surface area contributed by atoms with Crippen LogP contribution in [0.4, 0.5) is 13.2 Å². The second-order valence-electron chi connectivity index (χ2n) is 9.97. The summed E-state index contributed by atoms with van der Waals surface area (Å²) in [5, 5.41) is 0.0401. The molecule has 1 saturated heterocycles. The number of hydrogen-bond acceptors (Lipinski definition) is 1. The van der Waals surface area contributed by atoms with E-state index in [2.05, 4.69) is 32.9 Å². The highest BCUT2D eigenvalue weighted by Crippen LogP contribution is 2.37. The highest BCUT2D eigenvalue weighted by atomic mass is 19.1. The van der Waals surface area contributed by atoms with Gasteiger partial charge < -0.3 is 4.74 Å². The Balaban J connectivity index is 1.47. The molecule has 0 radical (unpaired) electrons. The molecule has 1 aliphatic heterocycles. The van der Waals surface area contributed by atoms with Crippen molar-refractivity contribution < 1.29 is 17.9 Å². The average molecular weight is 475 g/mol. The van der Waals surface area contributed by atoms with Crippen molar-refractivity contribution in [2.45, 2.75) is 46.6 Å². The minimum Gasteiger partial charge on any atom is -0.373 e. The summed E-state index contributed by atoms with van der Waals surface area (Å²) in [4.78, 5) is 0. The Hall–Kier alpha value is -3.11. The van der Waals surface area contributed by atoms with Crippen LogP contribution in [-0.4, -0.2) is 6.61 Å². The number of rotatable bonds is 3. The summed E-state index contributed by atoms with van der Waals surface area (Å²) in [6, 6.07) is 16.5. The molecule has 2 unspecified atom stereocenters. The van der Waals surface area contributed by atoms with Crippen molar-refractivity contribution in [3.63, 3.8) is 0 Å². The molecule has 0 bridgehead atoms. The fourth-order valence-corrected chi connectivity index (χ4v) is 5.29. The largest absolute Gasteiger partial charge is 0.373 e. The van der Waals surface area contributed by atoms with Crippen molar-refractivity contribution >= 4 is 10.8 Å². The van der Waals surface area contributed by atoms with Crippen LogP contribution < -0.4 is 0 Å². The molecule has 0 aromatic heterocycles. The zero-order valence-corrected chi connectivity index (χ0v) is 20.5. The number of benzene rings is 4. The highest BCUT2D eigenvalue weighted by molar-refractivity contribution is 5.89. The molecule has 1 fully saturated rings. The predicted molar refractivity (Wildman–Crippen MR) is 136 cm³/mol. The van der Waals surface area contributed by atoms with E-state index in [4.69, 9.17) is 4.74 Å². The lowest BCUT2D eigenvalue weighted by molar-refractivity contribution is -0.0124. The SMILES string of the molecule is Cc1cc(C2CCC(C)CO2)cc(C)c1-c1ccc(-c2cc(F)c3c(F)c(C)c(F)cc3c2)cc1. The highest BCUT2D eigenvalue weighted by Gasteiger charge is 2.22. The number of hydrogen-bond donors (Lipinski definition) is 0. The maximum Gasteiger partial charge on any atom is 0.139 e. The van der Waals surface area contributed by atoms with Crippen molar-refractivity contribution in [2.24, 2.45) is 5.92 Å². The smallest absolute Gasteiger partial charge is 0.139 e. The zero-order chi connectivity index (χ0) is 24.9. The summed E-state index contributed by atoms with van der Waals surface area (Å²) in [6.07, 6.45) is 2.38. The van der Waals surface area contributed by atoms with Gasteiger partial charge in [-0.1, -0.05) is 43.3 Å². The first-order valence-corrected chi connectivity index (χ1v) is 12.1. The first-order valence-electron chi connectivity index (χ1n) is 12.1. The third-order valence-electron chi connectivity index (χ3n) is 7.25. The molecule has 180 valence electrons. The predicted octanol–water partition coefficient (Wildman–Crippen LogP) is 9.00. The van der Waals surface area contributed by atoms with E-state index in [1.807, 2.05) is 24.3 Å². The summed E-state index contributed by atoms with van der Waals surface area (Å²) in [7, 11) is 0. The Kier molecular flexibility index (Phi) is 6.18. The molecule has 1 nitrogen and oxygen atoms in total. The molecular weight excluding hydrogens is 445 g/mol. The Morgan fingerprint density at radius 3 is 2.03 bits per heavy atom. The van der Waals surface area contributed by atoms with Crippen LogP contribution in [0.25, 0.3) is 33.0 Å². The topological polar surface area (TPSA) is 9.23 Å². The van der Waals surface area contributed by atoms with E-state index in [-0.39, 0.29) is 22.4 Å². The lowest BCUT2D eigenvalue weighted by Gasteiger charge is -2.28. The minimum absolute atomic E-state index is 0.154. The van der Waals surface area contributed by atoms with Crippen molar-refractivity contribution in [2.75, 3.05) is 6.61 Å². The number of aryl methyl sites for hydroxylation is 2. The molecule has 5 rings (SSSR count). The zero-order valence-electron chi connectivity index (χ0n) is 20.5. The number of halogens is 3. The first kappa shape index (κ1) is 23.6. The van der Waals surface area contributed by atoms with Gasteiger partial charge >= 0.3 is 0 Å². The minimum atomic E-state index is -0.845. The standard InChI is InChI=1S/C31H29F3O/c1-17-5-10-28(35-16-17)24-11-18(2)29(19(3)12-24)22-8-6-21(7-9-22)23-13-25-15-26(32)20(4)31(34)30(25)27(33)14-23/h6-9,11-15,17,28H,5,10,16H2,1-4H3. The first-order chi connectivity index (χ1) is 16.7. The van der Waals surface area contributed by atoms with Gasteiger partial charge in [-0.3, -0.25) is 0 Å². The normalized spacial score (nSPS) is 18.3. The van der Waals surface area contributed by atoms with E-state index < -0.39 is 17.5 Å². The van der Waals surface area contributed by atoms with Crippen LogP contribution in [0.5, 0.6) is 0 Å². The third kappa shape index (κ3) is 4.36. The van der Waals surface area contributed by atoms with Crippen molar-refractivity contribution in [3.05, 3.63) is 94.3 Å². The van der Waals surface area contributed by atoms with Gasteiger partial charge in [0.2, 0.25) is 0 Å². The van der Waals surface area contributed by atoms with Gasteiger partial charge in [-0.25, -0.2) is 13.2 Å². The van der Waals surface area contributed by atoms with Crippen LogP contribution in [0.1, 0.15) is 48.1 Å². The third-order valence-corrected chi connectivity index (χ3v) is 7.25. The molecule has 2 atom stereocenters. The molecule has 0 saturated carbocycles. The van der Waals surface area contributed by atoms with E-state index in [1.165, 1.54) is 47.7 Å². The molecule has 0 amide bonds. The molecule has 4 heteroatoms. The summed E-state index contributed by atoms with van der Waals surface area (Å²) in [6.45, 7) is 8.59.